The van der Waals surface area contributed by atoms with Crippen molar-refractivity contribution >= 4 is 16.8 Å². The number of hydrogen-bond acceptors (Lipinski definition) is 1. The first-order valence-electron chi connectivity index (χ1n) is 6.14. The van der Waals surface area contributed by atoms with Gasteiger partial charge in [0.1, 0.15) is 5.69 Å². The Balaban J connectivity index is 1.73. The van der Waals surface area contributed by atoms with E-state index in [4.69, 9.17) is 0 Å². The van der Waals surface area contributed by atoms with Gasteiger partial charge < -0.3 is 10.3 Å². The number of amides is 1. The lowest BCUT2D eigenvalue weighted by atomic mass is 10.2. The number of carbonyl (C=O) groups is 1. The quantitative estimate of drug-likeness (QED) is 0.736. The predicted octanol–water partition coefficient (Wildman–Crippen LogP) is 2.90. The molecule has 93 valence electrons. The number of rotatable bonds is 3. The maximum atomic E-state index is 12.0. The highest BCUT2D eigenvalue weighted by molar-refractivity contribution is 5.97. The first-order valence-corrected chi connectivity index (χ1v) is 6.14. The molecule has 0 spiro atoms. The van der Waals surface area contributed by atoms with E-state index in [1.807, 2.05) is 54.6 Å². The van der Waals surface area contributed by atoms with Gasteiger partial charge in [-0.05, 0) is 23.8 Å². The van der Waals surface area contributed by atoms with E-state index in [0.717, 1.165) is 16.5 Å². The number of para-hydroxylation sites is 1. The summed E-state index contributed by atoms with van der Waals surface area (Å²) < 4.78 is 0. The maximum Gasteiger partial charge on any atom is 0.267 e. The van der Waals surface area contributed by atoms with Gasteiger partial charge in [-0.2, -0.15) is 0 Å². The van der Waals surface area contributed by atoms with Crippen molar-refractivity contribution in [2.24, 2.45) is 0 Å². The third-order valence-electron chi connectivity index (χ3n) is 3.01. The molecule has 0 aliphatic heterocycles. The smallest absolute Gasteiger partial charge is 0.267 e. The van der Waals surface area contributed by atoms with Crippen molar-refractivity contribution in [3.05, 3.63) is 71.9 Å². The van der Waals surface area contributed by atoms with E-state index < -0.39 is 0 Å². The van der Waals surface area contributed by atoms with Gasteiger partial charge in [-0.1, -0.05) is 42.5 Å². The first kappa shape index (κ1) is 11.5. The van der Waals surface area contributed by atoms with Crippen molar-refractivity contribution < 1.29 is 4.79 Å². The average molecular weight is 249 g/mol. The van der Waals surface area contributed by atoms with Gasteiger partial charge in [0.15, 0.2) is 0 Å². The molecule has 0 aliphatic carbocycles. The van der Waals surface area contributed by atoms with Crippen molar-refractivity contribution in [1.82, 2.24) is 10.3 Å². The summed E-state index contributed by atoms with van der Waals surface area (Å²) in [6.07, 6.45) is 0. The van der Waals surface area contributed by atoms with Gasteiger partial charge in [-0.25, -0.2) is 0 Å². The highest BCUT2D eigenvalue weighted by Gasteiger charge is 2.08. The molecule has 3 nitrogen and oxygen atoms in total. The normalized spacial score (nSPS) is 10.5. The minimum absolute atomic E-state index is 0.0935. The standard InChI is InChI=1S/C16H13N2O/c19-16(17-11-12-6-2-1-3-7-12)15-10-13-8-4-5-9-14(13)18-15/h2-10,18H,11H2,(H,17,19). The van der Waals surface area contributed by atoms with Crippen LogP contribution in [0.5, 0.6) is 0 Å². The molecule has 0 fully saturated rings. The highest BCUT2D eigenvalue weighted by Crippen LogP contribution is 2.14. The average Bonchev–Trinajstić information content (AvgIpc) is 2.90. The minimum Gasteiger partial charge on any atom is -0.351 e. The number of aromatic nitrogens is 1. The molecule has 3 aromatic rings. The minimum atomic E-state index is -0.0935. The summed E-state index contributed by atoms with van der Waals surface area (Å²) in [5.74, 6) is -0.0935. The van der Waals surface area contributed by atoms with Crippen LogP contribution in [-0.4, -0.2) is 10.9 Å². The molecule has 0 unspecified atom stereocenters. The first-order chi connectivity index (χ1) is 9.33. The van der Waals surface area contributed by atoms with E-state index in [1.54, 1.807) is 0 Å². The molecular formula is C16H13N2O. The predicted molar refractivity (Wildman–Crippen MR) is 74.7 cm³/mol. The van der Waals surface area contributed by atoms with Crippen molar-refractivity contribution in [2.75, 3.05) is 0 Å². The Bertz CT molecular complexity index is 668. The number of benzene rings is 2. The van der Waals surface area contributed by atoms with Gasteiger partial charge in [0.05, 0.1) is 0 Å². The second-order valence-corrected chi connectivity index (χ2v) is 4.36. The van der Waals surface area contributed by atoms with Crippen LogP contribution in [0.25, 0.3) is 10.9 Å². The summed E-state index contributed by atoms with van der Waals surface area (Å²) in [6.45, 7) is 0.517. The van der Waals surface area contributed by atoms with Crippen LogP contribution in [0.3, 0.4) is 0 Å². The van der Waals surface area contributed by atoms with Crippen LogP contribution in [0.4, 0.5) is 0 Å². The second-order valence-electron chi connectivity index (χ2n) is 4.36. The number of nitrogens with one attached hydrogen (secondary N) is 2. The number of H-pyrrole nitrogens is 1. The van der Waals surface area contributed by atoms with Crippen molar-refractivity contribution in [3.8, 4) is 0 Å². The Morgan fingerprint density at radius 3 is 2.74 bits per heavy atom. The zero-order valence-electron chi connectivity index (χ0n) is 10.3. The Morgan fingerprint density at radius 1 is 1.16 bits per heavy atom. The molecule has 1 aromatic heterocycles. The van der Waals surface area contributed by atoms with E-state index in [0.29, 0.717) is 12.2 Å². The zero-order valence-corrected chi connectivity index (χ0v) is 10.3. The van der Waals surface area contributed by atoms with Crippen LogP contribution >= 0.6 is 0 Å². The largest absolute Gasteiger partial charge is 0.351 e. The van der Waals surface area contributed by atoms with Crippen LogP contribution in [-0.2, 0) is 6.54 Å². The molecule has 3 rings (SSSR count). The molecule has 2 aromatic carbocycles. The van der Waals surface area contributed by atoms with E-state index in [2.05, 4.69) is 16.4 Å². The Hall–Kier alpha value is -2.55. The van der Waals surface area contributed by atoms with E-state index in [9.17, 15) is 4.79 Å². The molecule has 2 N–H and O–H groups in total. The zero-order chi connectivity index (χ0) is 13.1. The van der Waals surface area contributed by atoms with Crippen molar-refractivity contribution in [1.29, 1.82) is 0 Å². The summed E-state index contributed by atoms with van der Waals surface area (Å²) >= 11 is 0. The van der Waals surface area contributed by atoms with E-state index >= 15 is 0 Å². The molecule has 0 saturated carbocycles. The lowest BCUT2D eigenvalue weighted by Gasteiger charge is -2.03. The number of carbonyl (C=O) groups excluding carboxylic acids is 1. The van der Waals surface area contributed by atoms with Crippen molar-refractivity contribution in [3.63, 3.8) is 0 Å². The van der Waals surface area contributed by atoms with E-state index in [1.165, 1.54) is 0 Å². The monoisotopic (exact) mass is 249 g/mol. The number of hydrogen-bond donors (Lipinski definition) is 2. The van der Waals surface area contributed by atoms with Gasteiger partial charge in [-0.3, -0.25) is 4.79 Å². The Labute approximate surface area is 111 Å². The summed E-state index contributed by atoms with van der Waals surface area (Å²) in [5.41, 5.74) is 2.62. The Kier molecular flexibility index (Phi) is 3.02. The van der Waals surface area contributed by atoms with Gasteiger partial charge in [0, 0.05) is 17.4 Å². The van der Waals surface area contributed by atoms with Crippen LogP contribution < -0.4 is 5.32 Å². The third kappa shape index (κ3) is 2.50. The number of aromatic amines is 1. The fourth-order valence-corrected chi connectivity index (χ4v) is 2.01. The summed E-state index contributed by atoms with van der Waals surface area (Å²) in [5, 5.41) is 3.94. The highest BCUT2D eigenvalue weighted by atomic mass is 16.1. The topological polar surface area (TPSA) is 44.9 Å². The second kappa shape index (κ2) is 4.98. The fraction of sp³-hybridized carbons (Fsp3) is 0.0625. The lowest BCUT2D eigenvalue weighted by Crippen LogP contribution is -2.22. The Morgan fingerprint density at radius 2 is 1.95 bits per heavy atom. The molecule has 1 heterocycles. The van der Waals surface area contributed by atoms with Crippen LogP contribution in [0.15, 0.2) is 54.6 Å². The SMILES string of the molecule is O=C(NCc1cc[c]cc1)c1cc2ccccc2[nH]1. The molecule has 19 heavy (non-hydrogen) atoms. The van der Waals surface area contributed by atoms with Gasteiger partial charge in [0.25, 0.3) is 5.91 Å². The molecule has 0 atom stereocenters. The molecule has 3 heteroatoms. The van der Waals surface area contributed by atoms with Crippen molar-refractivity contribution in [2.45, 2.75) is 6.54 Å². The molecule has 0 saturated heterocycles. The van der Waals surface area contributed by atoms with Crippen LogP contribution in [0, 0.1) is 6.07 Å². The lowest BCUT2D eigenvalue weighted by molar-refractivity contribution is 0.0947. The van der Waals surface area contributed by atoms with E-state index in [-0.39, 0.29) is 5.91 Å². The molecule has 1 radical (unpaired) electrons. The molecule has 1 amide bonds. The third-order valence-corrected chi connectivity index (χ3v) is 3.01. The maximum absolute atomic E-state index is 12.0. The molecular weight excluding hydrogens is 236 g/mol. The van der Waals surface area contributed by atoms with Crippen LogP contribution in [0.2, 0.25) is 0 Å². The van der Waals surface area contributed by atoms with Gasteiger partial charge >= 0.3 is 0 Å². The van der Waals surface area contributed by atoms with Gasteiger partial charge in [0.2, 0.25) is 0 Å². The summed E-state index contributed by atoms with van der Waals surface area (Å²) in [7, 11) is 0. The molecule has 0 aliphatic rings. The fourth-order valence-electron chi connectivity index (χ4n) is 2.01. The summed E-state index contributed by atoms with van der Waals surface area (Å²) in [4.78, 5) is 15.2. The summed E-state index contributed by atoms with van der Waals surface area (Å²) in [6, 6.07) is 20.2. The molecule has 0 bridgehead atoms. The number of fused-ring (bicyclic) bond motifs is 1. The van der Waals surface area contributed by atoms with Gasteiger partial charge in [-0.15, -0.1) is 0 Å². The van der Waals surface area contributed by atoms with Crippen LogP contribution in [0.1, 0.15) is 16.1 Å².